The maximum atomic E-state index is 5.27. The summed E-state index contributed by atoms with van der Waals surface area (Å²) in [7, 11) is 0. The van der Waals surface area contributed by atoms with Crippen LogP contribution in [0.2, 0.25) is 0 Å². The molecule has 1 fully saturated rings. The molecule has 1 saturated carbocycles. The highest BCUT2D eigenvalue weighted by Gasteiger charge is 2.13. The van der Waals surface area contributed by atoms with Gasteiger partial charge in [0.1, 0.15) is 0 Å². The Bertz CT molecular complexity index is 473. The van der Waals surface area contributed by atoms with Crippen molar-refractivity contribution in [2.45, 2.75) is 57.9 Å². The molecule has 0 amide bonds. The summed E-state index contributed by atoms with van der Waals surface area (Å²) in [6.07, 6.45) is 8.17. The highest BCUT2D eigenvalue weighted by molar-refractivity contribution is 7.80. The Balaban J connectivity index is 1.77. The molecule has 0 atom stereocenters. The van der Waals surface area contributed by atoms with Crippen LogP contribution in [0.3, 0.4) is 0 Å². The van der Waals surface area contributed by atoms with Crippen LogP contribution in [0.1, 0.15) is 63.0 Å². The summed E-state index contributed by atoms with van der Waals surface area (Å²) in [4.78, 5) is 0. The van der Waals surface area contributed by atoms with E-state index >= 15 is 0 Å². The molecule has 1 aliphatic carbocycles. The fraction of sp³-hybridized carbons (Fsp3) is 0.529. The molecule has 0 bridgehead atoms. The lowest BCUT2D eigenvalue weighted by atomic mass is 9.96. The predicted octanol–water partition coefficient (Wildman–Crippen LogP) is 3.94. The van der Waals surface area contributed by atoms with E-state index in [0.717, 1.165) is 5.56 Å². The molecule has 1 aliphatic rings. The number of hydrogen-bond donors (Lipinski definition) is 2. The Morgan fingerprint density at radius 2 is 1.86 bits per heavy atom. The normalized spacial score (nSPS) is 16.3. The van der Waals surface area contributed by atoms with E-state index in [0.29, 0.717) is 17.1 Å². The van der Waals surface area contributed by atoms with Gasteiger partial charge in [-0.1, -0.05) is 57.4 Å². The zero-order chi connectivity index (χ0) is 15.1. The second-order valence-electron chi connectivity index (χ2n) is 6.00. The van der Waals surface area contributed by atoms with Gasteiger partial charge in [-0.2, -0.15) is 5.10 Å². The Hall–Kier alpha value is -1.42. The molecule has 21 heavy (non-hydrogen) atoms. The van der Waals surface area contributed by atoms with Crippen LogP contribution in [0, 0.1) is 0 Å². The highest BCUT2D eigenvalue weighted by atomic mass is 32.1. The molecule has 0 unspecified atom stereocenters. The molecule has 0 aliphatic heterocycles. The maximum Gasteiger partial charge on any atom is 0.187 e. The number of benzene rings is 1. The topological polar surface area (TPSA) is 36.4 Å². The number of hydrazone groups is 1. The van der Waals surface area contributed by atoms with Crippen molar-refractivity contribution < 1.29 is 0 Å². The number of thiocarbonyl (C=S) groups is 1. The van der Waals surface area contributed by atoms with Gasteiger partial charge in [0.15, 0.2) is 5.11 Å². The van der Waals surface area contributed by atoms with Crippen LogP contribution in [0.4, 0.5) is 0 Å². The lowest BCUT2D eigenvalue weighted by molar-refractivity contribution is 0.412. The molecule has 2 N–H and O–H groups in total. The molecular formula is C17H25N3S. The van der Waals surface area contributed by atoms with Gasteiger partial charge >= 0.3 is 0 Å². The highest BCUT2D eigenvalue weighted by Crippen LogP contribution is 2.17. The van der Waals surface area contributed by atoms with Crippen LogP contribution in [-0.2, 0) is 0 Å². The molecular weight excluding hydrogens is 278 g/mol. The van der Waals surface area contributed by atoms with E-state index in [1.165, 1.54) is 37.7 Å². The Morgan fingerprint density at radius 3 is 2.48 bits per heavy atom. The van der Waals surface area contributed by atoms with E-state index in [-0.39, 0.29) is 0 Å². The van der Waals surface area contributed by atoms with Crippen molar-refractivity contribution in [3.8, 4) is 0 Å². The van der Waals surface area contributed by atoms with Gasteiger partial charge in [-0.05, 0) is 42.1 Å². The third kappa shape index (κ3) is 5.46. The van der Waals surface area contributed by atoms with Gasteiger partial charge in [-0.3, -0.25) is 5.43 Å². The van der Waals surface area contributed by atoms with Gasteiger partial charge in [0.2, 0.25) is 0 Å². The molecule has 4 heteroatoms. The lowest BCUT2D eigenvalue weighted by Crippen LogP contribution is -2.40. The van der Waals surface area contributed by atoms with Crippen molar-refractivity contribution in [1.82, 2.24) is 10.7 Å². The van der Waals surface area contributed by atoms with Gasteiger partial charge in [0.05, 0.1) is 6.21 Å². The number of hydrogen-bond acceptors (Lipinski definition) is 2. The van der Waals surface area contributed by atoms with Crippen molar-refractivity contribution in [2.75, 3.05) is 0 Å². The summed E-state index contributed by atoms with van der Waals surface area (Å²) in [5, 5.41) is 8.16. The molecule has 0 saturated heterocycles. The fourth-order valence-corrected chi connectivity index (χ4v) is 2.82. The van der Waals surface area contributed by atoms with Crippen molar-refractivity contribution in [3.63, 3.8) is 0 Å². The third-order valence-corrected chi connectivity index (χ3v) is 4.13. The smallest absolute Gasteiger partial charge is 0.187 e. The third-order valence-electron chi connectivity index (χ3n) is 3.92. The quantitative estimate of drug-likeness (QED) is 0.502. The summed E-state index contributed by atoms with van der Waals surface area (Å²) in [6.45, 7) is 4.39. The molecule has 3 nitrogen and oxygen atoms in total. The van der Waals surface area contributed by atoms with Crippen LogP contribution >= 0.6 is 12.2 Å². The first kappa shape index (κ1) is 16.0. The van der Waals surface area contributed by atoms with Crippen molar-refractivity contribution in [2.24, 2.45) is 5.10 Å². The van der Waals surface area contributed by atoms with Gasteiger partial charge in [-0.25, -0.2) is 0 Å². The lowest BCUT2D eigenvalue weighted by Gasteiger charge is -2.23. The van der Waals surface area contributed by atoms with Crippen LogP contribution in [0.5, 0.6) is 0 Å². The van der Waals surface area contributed by atoms with Crippen LogP contribution < -0.4 is 10.7 Å². The Kier molecular flexibility index (Phi) is 6.18. The SMILES string of the molecule is CC(C)c1ccc(C=NNC(=S)NC2CCCCC2)cc1. The summed E-state index contributed by atoms with van der Waals surface area (Å²) >= 11 is 5.27. The molecule has 1 aromatic carbocycles. The molecule has 114 valence electrons. The van der Waals surface area contributed by atoms with E-state index in [1.807, 2.05) is 0 Å². The van der Waals surface area contributed by atoms with Crippen LogP contribution in [0.25, 0.3) is 0 Å². The monoisotopic (exact) mass is 303 g/mol. The van der Waals surface area contributed by atoms with Gasteiger partial charge in [-0.15, -0.1) is 0 Å². The van der Waals surface area contributed by atoms with Gasteiger partial charge in [0.25, 0.3) is 0 Å². The van der Waals surface area contributed by atoms with E-state index in [4.69, 9.17) is 12.2 Å². The summed E-state index contributed by atoms with van der Waals surface area (Å²) in [5.41, 5.74) is 5.32. The number of rotatable bonds is 4. The second kappa shape index (κ2) is 8.13. The van der Waals surface area contributed by atoms with Gasteiger partial charge < -0.3 is 5.32 Å². The van der Waals surface area contributed by atoms with Crippen molar-refractivity contribution >= 4 is 23.5 Å². The molecule has 1 aromatic rings. The first-order valence-electron chi connectivity index (χ1n) is 7.84. The average Bonchev–Trinajstić information content (AvgIpc) is 2.49. The van der Waals surface area contributed by atoms with Crippen LogP contribution in [-0.4, -0.2) is 17.4 Å². The number of nitrogens with zero attached hydrogens (tertiary/aromatic N) is 1. The van der Waals surface area contributed by atoms with E-state index in [1.54, 1.807) is 6.21 Å². The zero-order valence-electron chi connectivity index (χ0n) is 12.9. The Labute approximate surface area is 133 Å². The summed E-state index contributed by atoms with van der Waals surface area (Å²) < 4.78 is 0. The average molecular weight is 303 g/mol. The fourth-order valence-electron chi connectivity index (χ4n) is 2.60. The molecule has 2 rings (SSSR count). The second-order valence-corrected chi connectivity index (χ2v) is 6.41. The van der Waals surface area contributed by atoms with Crippen molar-refractivity contribution in [1.29, 1.82) is 0 Å². The maximum absolute atomic E-state index is 5.27. The summed E-state index contributed by atoms with van der Waals surface area (Å²) in [5.74, 6) is 0.557. The number of nitrogens with one attached hydrogen (secondary N) is 2. The van der Waals surface area contributed by atoms with Gasteiger partial charge in [0, 0.05) is 6.04 Å². The molecule has 0 radical (unpaired) electrons. The minimum Gasteiger partial charge on any atom is -0.359 e. The predicted molar refractivity (Wildman–Crippen MR) is 93.9 cm³/mol. The summed E-state index contributed by atoms with van der Waals surface area (Å²) in [6, 6.07) is 8.96. The molecule has 0 spiro atoms. The van der Waals surface area contributed by atoms with E-state index < -0.39 is 0 Å². The first-order chi connectivity index (χ1) is 10.1. The minimum atomic E-state index is 0.513. The van der Waals surface area contributed by atoms with Crippen LogP contribution in [0.15, 0.2) is 29.4 Å². The minimum absolute atomic E-state index is 0.513. The largest absolute Gasteiger partial charge is 0.359 e. The Morgan fingerprint density at radius 1 is 1.19 bits per heavy atom. The first-order valence-corrected chi connectivity index (χ1v) is 8.25. The zero-order valence-corrected chi connectivity index (χ0v) is 13.7. The van der Waals surface area contributed by atoms with Crippen molar-refractivity contribution in [3.05, 3.63) is 35.4 Å². The molecule has 0 heterocycles. The molecule has 0 aromatic heterocycles. The van der Waals surface area contributed by atoms with E-state index in [9.17, 15) is 0 Å². The van der Waals surface area contributed by atoms with E-state index in [2.05, 4.69) is 54.0 Å². The standard InChI is InChI=1S/C17H25N3S/c1-13(2)15-10-8-14(9-11-15)12-18-20-17(21)19-16-6-4-3-5-7-16/h8-13,16H,3-7H2,1-2H3,(H2,19,20,21).